The van der Waals surface area contributed by atoms with Gasteiger partial charge in [0, 0.05) is 31.0 Å². The first-order valence-corrected chi connectivity index (χ1v) is 7.32. The normalized spacial score (nSPS) is 21.2. The van der Waals surface area contributed by atoms with E-state index in [4.69, 9.17) is 9.47 Å². The Bertz CT molecular complexity index is 498. The van der Waals surface area contributed by atoms with Crippen LogP contribution in [0.4, 0.5) is 11.4 Å². The summed E-state index contributed by atoms with van der Waals surface area (Å²) in [6.45, 7) is 5.99. The van der Waals surface area contributed by atoms with E-state index in [9.17, 15) is 10.1 Å². The first kappa shape index (κ1) is 15.6. The summed E-state index contributed by atoms with van der Waals surface area (Å²) in [4.78, 5) is 10.6. The molecular formula is C15H22N2O4. The topological polar surface area (TPSA) is 73.6 Å². The molecule has 1 saturated heterocycles. The molecule has 1 atom stereocenters. The van der Waals surface area contributed by atoms with E-state index in [-0.39, 0.29) is 11.3 Å². The van der Waals surface area contributed by atoms with Crippen LogP contribution in [0.2, 0.25) is 0 Å². The van der Waals surface area contributed by atoms with Crippen LogP contribution in [0.5, 0.6) is 5.75 Å². The molecular weight excluding hydrogens is 272 g/mol. The maximum Gasteiger partial charge on any atom is 0.275 e. The van der Waals surface area contributed by atoms with Crippen molar-refractivity contribution in [2.75, 3.05) is 25.1 Å². The number of hydrogen-bond acceptors (Lipinski definition) is 5. The van der Waals surface area contributed by atoms with Gasteiger partial charge in [0.15, 0.2) is 0 Å². The third-order valence-corrected chi connectivity index (χ3v) is 3.54. The minimum Gasteiger partial charge on any atom is -0.493 e. The van der Waals surface area contributed by atoms with Crippen molar-refractivity contribution in [2.24, 2.45) is 0 Å². The number of rotatable bonds is 7. The average molecular weight is 294 g/mol. The molecule has 1 fully saturated rings. The molecule has 6 nitrogen and oxygen atoms in total. The van der Waals surface area contributed by atoms with Crippen LogP contribution in [0.1, 0.15) is 33.1 Å². The molecule has 1 aliphatic heterocycles. The number of nitrogens with one attached hydrogen (secondary N) is 1. The SMILES string of the molecule is CCCOc1cc(NCC2(C)CCCO2)cc([N+](=O)[O-])c1. The fraction of sp³-hybridized carbons (Fsp3) is 0.600. The lowest BCUT2D eigenvalue weighted by atomic mass is 10.0. The van der Waals surface area contributed by atoms with Crippen molar-refractivity contribution in [3.63, 3.8) is 0 Å². The summed E-state index contributed by atoms with van der Waals surface area (Å²) in [6, 6.07) is 4.77. The molecule has 1 aliphatic rings. The highest BCUT2D eigenvalue weighted by Crippen LogP contribution is 2.29. The summed E-state index contributed by atoms with van der Waals surface area (Å²) in [5.41, 5.74) is 0.519. The fourth-order valence-electron chi connectivity index (χ4n) is 2.36. The Morgan fingerprint density at radius 3 is 2.90 bits per heavy atom. The van der Waals surface area contributed by atoms with Crippen molar-refractivity contribution in [3.05, 3.63) is 28.3 Å². The van der Waals surface area contributed by atoms with Crippen LogP contribution in [-0.4, -0.2) is 30.3 Å². The lowest BCUT2D eigenvalue weighted by Gasteiger charge is -2.24. The minimum atomic E-state index is -0.405. The zero-order valence-corrected chi connectivity index (χ0v) is 12.6. The summed E-state index contributed by atoms with van der Waals surface area (Å²) in [6.07, 6.45) is 2.91. The largest absolute Gasteiger partial charge is 0.493 e. The predicted octanol–water partition coefficient (Wildman–Crippen LogP) is 3.36. The highest BCUT2D eigenvalue weighted by molar-refractivity contribution is 5.56. The molecule has 116 valence electrons. The van der Waals surface area contributed by atoms with Crippen LogP contribution in [0.3, 0.4) is 0 Å². The van der Waals surface area contributed by atoms with Crippen LogP contribution in [0.25, 0.3) is 0 Å². The second kappa shape index (κ2) is 6.76. The van der Waals surface area contributed by atoms with Gasteiger partial charge < -0.3 is 14.8 Å². The highest BCUT2D eigenvalue weighted by atomic mass is 16.6. The Morgan fingerprint density at radius 2 is 2.29 bits per heavy atom. The maximum absolute atomic E-state index is 11.0. The van der Waals surface area contributed by atoms with Gasteiger partial charge in [0.2, 0.25) is 0 Å². The quantitative estimate of drug-likeness (QED) is 0.616. The van der Waals surface area contributed by atoms with Crippen LogP contribution < -0.4 is 10.1 Å². The lowest BCUT2D eigenvalue weighted by molar-refractivity contribution is -0.384. The van der Waals surface area contributed by atoms with Crippen LogP contribution >= 0.6 is 0 Å². The Balaban J connectivity index is 2.09. The van der Waals surface area contributed by atoms with Gasteiger partial charge in [-0.15, -0.1) is 0 Å². The minimum absolute atomic E-state index is 0.0311. The number of nitro benzene ring substituents is 1. The average Bonchev–Trinajstić information content (AvgIpc) is 2.90. The second-order valence-corrected chi connectivity index (χ2v) is 5.58. The molecule has 1 aromatic rings. The van der Waals surface area contributed by atoms with Gasteiger partial charge in [0.1, 0.15) is 5.75 Å². The third kappa shape index (κ3) is 4.32. The molecule has 0 aliphatic carbocycles. The van der Waals surface area contributed by atoms with Gasteiger partial charge in [-0.2, -0.15) is 0 Å². The van der Waals surface area contributed by atoms with Crippen molar-refractivity contribution in [1.29, 1.82) is 0 Å². The molecule has 0 saturated carbocycles. The number of benzene rings is 1. The molecule has 1 heterocycles. The molecule has 6 heteroatoms. The first-order valence-electron chi connectivity index (χ1n) is 7.32. The van der Waals surface area contributed by atoms with E-state index in [1.807, 2.05) is 6.92 Å². The van der Waals surface area contributed by atoms with Gasteiger partial charge in [-0.05, 0) is 26.2 Å². The Kier molecular flexibility index (Phi) is 5.01. The number of nitrogens with zero attached hydrogens (tertiary/aromatic N) is 1. The van der Waals surface area contributed by atoms with Crippen molar-refractivity contribution in [3.8, 4) is 5.75 Å². The third-order valence-electron chi connectivity index (χ3n) is 3.54. The summed E-state index contributed by atoms with van der Waals surface area (Å²) in [5, 5.41) is 14.2. The van der Waals surface area contributed by atoms with Gasteiger partial charge in [-0.25, -0.2) is 0 Å². The first-order chi connectivity index (χ1) is 10.0. The Hall–Kier alpha value is -1.82. The van der Waals surface area contributed by atoms with Crippen molar-refractivity contribution >= 4 is 11.4 Å². The van der Waals surface area contributed by atoms with E-state index >= 15 is 0 Å². The molecule has 1 aromatic carbocycles. The van der Waals surface area contributed by atoms with Gasteiger partial charge in [0.05, 0.1) is 23.2 Å². The Morgan fingerprint density at radius 1 is 1.48 bits per heavy atom. The maximum atomic E-state index is 11.0. The number of nitro groups is 1. The zero-order chi connectivity index (χ0) is 15.3. The van der Waals surface area contributed by atoms with Crippen LogP contribution in [0, 0.1) is 10.1 Å². The van der Waals surface area contributed by atoms with E-state index in [2.05, 4.69) is 12.2 Å². The highest BCUT2D eigenvalue weighted by Gasteiger charge is 2.29. The molecule has 21 heavy (non-hydrogen) atoms. The van der Waals surface area contributed by atoms with E-state index in [0.29, 0.717) is 24.6 Å². The molecule has 0 radical (unpaired) electrons. The van der Waals surface area contributed by atoms with Gasteiger partial charge in [-0.1, -0.05) is 6.92 Å². The van der Waals surface area contributed by atoms with E-state index in [1.54, 1.807) is 6.07 Å². The summed E-state index contributed by atoms with van der Waals surface area (Å²) in [5.74, 6) is 0.519. The van der Waals surface area contributed by atoms with Gasteiger partial charge in [0.25, 0.3) is 5.69 Å². The lowest BCUT2D eigenvalue weighted by Crippen LogP contribution is -2.32. The van der Waals surface area contributed by atoms with Crippen molar-refractivity contribution in [1.82, 2.24) is 0 Å². The number of hydrogen-bond donors (Lipinski definition) is 1. The number of non-ortho nitro benzene ring substituents is 1. The molecule has 0 amide bonds. The molecule has 0 aromatic heterocycles. The summed E-state index contributed by atoms with van der Waals surface area (Å²) >= 11 is 0. The standard InChI is InChI=1S/C15H22N2O4/c1-3-6-20-14-9-12(8-13(10-14)17(18)19)16-11-15(2)5-4-7-21-15/h8-10,16H,3-7,11H2,1-2H3. The van der Waals surface area contributed by atoms with Gasteiger partial charge >= 0.3 is 0 Å². The molecule has 1 N–H and O–H groups in total. The van der Waals surface area contributed by atoms with E-state index in [1.165, 1.54) is 12.1 Å². The molecule has 2 rings (SSSR count). The van der Waals surface area contributed by atoms with Crippen molar-refractivity contribution in [2.45, 2.75) is 38.7 Å². The number of anilines is 1. The molecule has 0 bridgehead atoms. The van der Waals surface area contributed by atoms with Gasteiger partial charge in [-0.3, -0.25) is 10.1 Å². The Labute approximate surface area is 124 Å². The second-order valence-electron chi connectivity index (χ2n) is 5.58. The zero-order valence-electron chi connectivity index (χ0n) is 12.6. The predicted molar refractivity (Wildman–Crippen MR) is 81.0 cm³/mol. The summed E-state index contributed by atoms with van der Waals surface area (Å²) < 4.78 is 11.2. The van der Waals surface area contributed by atoms with Crippen molar-refractivity contribution < 1.29 is 14.4 Å². The number of ether oxygens (including phenoxy) is 2. The van der Waals surface area contributed by atoms with Crippen LogP contribution in [0.15, 0.2) is 18.2 Å². The van der Waals surface area contributed by atoms with E-state index < -0.39 is 4.92 Å². The molecule has 0 spiro atoms. The monoisotopic (exact) mass is 294 g/mol. The molecule has 1 unspecified atom stereocenters. The fourth-order valence-corrected chi connectivity index (χ4v) is 2.36. The van der Waals surface area contributed by atoms with E-state index in [0.717, 1.165) is 25.9 Å². The van der Waals surface area contributed by atoms with Crippen LogP contribution in [-0.2, 0) is 4.74 Å². The smallest absolute Gasteiger partial charge is 0.275 e. The summed E-state index contributed by atoms with van der Waals surface area (Å²) in [7, 11) is 0.